The van der Waals surface area contributed by atoms with Gasteiger partial charge in [0.2, 0.25) is 0 Å². The zero-order valence-electron chi connectivity index (χ0n) is 15.0. The van der Waals surface area contributed by atoms with E-state index in [1.165, 1.54) is 49.9 Å². The molecular formula is C19H24N4O2S. The third-order valence-electron chi connectivity index (χ3n) is 6.23. The van der Waals surface area contributed by atoms with E-state index in [-0.39, 0.29) is 11.5 Å². The number of aromatic nitrogens is 2. The van der Waals surface area contributed by atoms with E-state index in [1.54, 1.807) is 0 Å². The first-order valence-corrected chi connectivity index (χ1v) is 10.4. The van der Waals surface area contributed by atoms with Gasteiger partial charge in [0.25, 0.3) is 11.5 Å². The highest BCUT2D eigenvalue weighted by Gasteiger charge is 2.39. The van der Waals surface area contributed by atoms with Gasteiger partial charge in [-0.2, -0.15) is 0 Å². The van der Waals surface area contributed by atoms with Crippen LogP contribution < -0.4 is 5.56 Å². The summed E-state index contributed by atoms with van der Waals surface area (Å²) in [7, 11) is 0. The highest BCUT2D eigenvalue weighted by Crippen LogP contribution is 2.36. The summed E-state index contributed by atoms with van der Waals surface area (Å²) in [6.45, 7) is 5.88. The molecule has 0 radical (unpaired) electrons. The van der Waals surface area contributed by atoms with Crippen molar-refractivity contribution in [2.75, 3.05) is 26.2 Å². The van der Waals surface area contributed by atoms with Crippen LogP contribution in [0, 0.1) is 18.8 Å². The van der Waals surface area contributed by atoms with Crippen molar-refractivity contribution >= 4 is 27.5 Å². The van der Waals surface area contributed by atoms with Crippen molar-refractivity contribution in [2.45, 2.75) is 38.6 Å². The number of amides is 1. The lowest BCUT2D eigenvalue weighted by molar-refractivity contribution is 0.0741. The molecule has 5 heterocycles. The van der Waals surface area contributed by atoms with Gasteiger partial charge in [-0.15, -0.1) is 11.3 Å². The highest BCUT2D eigenvalue weighted by atomic mass is 32.1. The Hall–Kier alpha value is -1.73. The standard InChI is InChI=1S/C19H24N4O2S/c1-11-15-17(24)20-10-21-18(15)26-16(11)19(25)23-8-13-4-5-14(9-23)22(7-13)6-12-2-3-12/h10,12-14H,2-9H2,1H3,(H,20,21,24)/t13-,14-/m1/s1. The van der Waals surface area contributed by atoms with E-state index in [0.717, 1.165) is 31.1 Å². The van der Waals surface area contributed by atoms with E-state index >= 15 is 0 Å². The van der Waals surface area contributed by atoms with Crippen molar-refractivity contribution in [3.63, 3.8) is 0 Å². The van der Waals surface area contributed by atoms with Gasteiger partial charge in [-0.3, -0.25) is 14.5 Å². The average Bonchev–Trinajstić information content (AvgIpc) is 3.42. The molecule has 3 aliphatic heterocycles. The van der Waals surface area contributed by atoms with E-state index in [1.807, 2.05) is 11.8 Å². The van der Waals surface area contributed by atoms with E-state index in [9.17, 15) is 9.59 Å². The van der Waals surface area contributed by atoms with Crippen LogP contribution in [0.2, 0.25) is 0 Å². The number of carbonyl (C=O) groups excluding carboxylic acids is 1. The van der Waals surface area contributed by atoms with Crippen molar-refractivity contribution in [2.24, 2.45) is 11.8 Å². The lowest BCUT2D eigenvalue weighted by Gasteiger charge is -2.36. The molecule has 1 saturated carbocycles. The lowest BCUT2D eigenvalue weighted by atomic mass is 9.95. The molecule has 6 nitrogen and oxygen atoms in total. The molecule has 0 aromatic carbocycles. The molecule has 2 aromatic rings. The average molecular weight is 372 g/mol. The molecule has 3 saturated heterocycles. The van der Waals surface area contributed by atoms with Crippen molar-refractivity contribution in [3.05, 3.63) is 27.1 Å². The fourth-order valence-electron chi connectivity index (χ4n) is 4.63. The lowest BCUT2D eigenvalue weighted by Crippen LogP contribution is -2.45. The molecule has 1 amide bonds. The molecule has 2 aromatic heterocycles. The second kappa shape index (κ2) is 6.16. The molecule has 0 spiro atoms. The molecule has 26 heavy (non-hydrogen) atoms. The molecule has 1 aliphatic carbocycles. The topological polar surface area (TPSA) is 69.3 Å². The number of carbonyl (C=O) groups is 1. The summed E-state index contributed by atoms with van der Waals surface area (Å²) < 4.78 is 0. The minimum Gasteiger partial charge on any atom is -0.336 e. The number of H-pyrrole nitrogens is 1. The molecule has 6 rings (SSSR count). The monoisotopic (exact) mass is 372 g/mol. The Balaban J connectivity index is 1.43. The summed E-state index contributed by atoms with van der Waals surface area (Å²) in [4.78, 5) is 38.3. The van der Waals surface area contributed by atoms with E-state index in [0.29, 0.717) is 27.1 Å². The van der Waals surface area contributed by atoms with Crippen LogP contribution in [0.3, 0.4) is 0 Å². The van der Waals surface area contributed by atoms with Crippen molar-refractivity contribution in [1.29, 1.82) is 0 Å². The predicted molar refractivity (Wildman–Crippen MR) is 102 cm³/mol. The Morgan fingerprint density at radius 2 is 2.12 bits per heavy atom. The fourth-order valence-corrected chi connectivity index (χ4v) is 5.74. The summed E-state index contributed by atoms with van der Waals surface area (Å²) in [6.07, 6.45) is 6.59. The summed E-state index contributed by atoms with van der Waals surface area (Å²) in [6, 6.07) is 0.495. The van der Waals surface area contributed by atoms with Crippen molar-refractivity contribution in [3.8, 4) is 0 Å². The van der Waals surface area contributed by atoms with Crippen LogP contribution >= 0.6 is 11.3 Å². The van der Waals surface area contributed by atoms with Crippen LogP contribution in [0.15, 0.2) is 11.1 Å². The SMILES string of the molecule is Cc1c(C(=O)N2C[C@@H]3CC[C@H](C2)N(CC2CC2)C3)sc2nc[nH]c(=O)c12. The Kier molecular flexibility index (Phi) is 3.90. The van der Waals surface area contributed by atoms with Crippen LogP contribution in [0.4, 0.5) is 0 Å². The third-order valence-corrected chi connectivity index (χ3v) is 7.42. The van der Waals surface area contributed by atoms with Crippen LogP contribution in [0.5, 0.6) is 0 Å². The minimum absolute atomic E-state index is 0.0788. The number of fused-ring (bicyclic) bond motifs is 5. The maximum atomic E-state index is 13.3. The van der Waals surface area contributed by atoms with Gasteiger partial charge in [-0.25, -0.2) is 4.98 Å². The van der Waals surface area contributed by atoms with Crippen LogP contribution in [0.1, 0.15) is 40.9 Å². The molecule has 7 heteroatoms. The zero-order chi connectivity index (χ0) is 17.8. The molecule has 138 valence electrons. The first-order chi connectivity index (χ1) is 12.6. The molecule has 4 fully saturated rings. The highest BCUT2D eigenvalue weighted by molar-refractivity contribution is 7.20. The number of piperidine rings is 1. The van der Waals surface area contributed by atoms with Gasteiger partial charge in [0, 0.05) is 32.2 Å². The van der Waals surface area contributed by atoms with Gasteiger partial charge < -0.3 is 9.88 Å². The predicted octanol–water partition coefficient (Wildman–Crippen LogP) is 2.24. The summed E-state index contributed by atoms with van der Waals surface area (Å²) in [5.74, 6) is 1.55. The number of hydrogen-bond donors (Lipinski definition) is 1. The maximum absolute atomic E-state index is 13.3. The maximum Gasteiger partial charge on any atom is 0.264 e. The summed E-state index contributed by atoms with van der Waals surface area (Å²) >= 11 is 1.36. The second-order valence-corrected chi connectivity index (χ2v) is 9.17. The van der Waals surface area contributed by atoms with Crippen LogP contribution in [0.25, 0.3) is 10.2 Å². The van der Waals surface area contributed by atoms with Crippen LogP contribution in [-0.4, -0.2) is 57.9 Å². The number of thiophene rings is 1. The first kappa shape index (κ1) is 16.4. The summed E-state index contributed by atoms with van der Waals surface area (Å²) in [5.41, 5.74) is 0.616. The van der Waals surface area contributed by atoms with Gasteiger partial charge in [-0.05, 0) is 50.0 Å². The zero-order valence-corrected chi connectivity index (χ0v) is 15.8. The van der Waals surface area contributed by atoms with E-state index in [4.69, 9.17) is 0 Å². The number of nitrogens with zero attached hydrogens (tertiary/aromatic N) is 3. The smallest absolute Gasteiger partial charge is 0.264 e. The number of aromatic amines is 1. The normalized spacial score (nSPS) is 26.4. The molecular weight excluding hydrogens is 348 g/mol. The number of hydrogen-bond acceptors (Lipinski definition) is 5. The van der Waals surface area contributed by atoms with Gasteiger partial charge in [0.1, 0.15) is 4.83 Å². The van der Waals surface area contributed by atoms with Crippen molar-refractivity contribution in [1.82, 2.24) is 19.8 Å². The second-order valence-electron chi connectivity index (χ2n) is 8.17. The molecule has 0 unspecified atom stereocenters. The van der Waals surface area contributed by atoms with Gasteiger partial charge in [0.05, 0.1) is 16.6 Å². The molecule has 2 atom stereocenters. The fraction of sp³-hybridized carbons (Fsp3) is 0.632. The Bertz CT molecular complexity index is 916. The Morgan fingerprint density at radius 3 is 2.88 bits per heavy atom. The van der Waals surface area contributed by atoms with Crippen LogP contribution in [-0.2, 0) is 0 Å². The molecule has 1 N–H and O–H groups in total. The number of nitrogens with one attached hydrogen (secondary N) is 1. The number of aryl methyl sites for hydroxylation is 1. The van der Waals surface area contributed by atoms with Gasteiger partial charge >= 0.3 is 0 Å². The first-order valence-electron chi connectivity index (χ1n) is 9.60. The van der Waals surface area contributed by atoms with E-state index in [2.05, 4.69) is 14.9 Å². The van der Waals surface area contributed by atoms with Gasteiger partial charge in [-0.1, -0.05) is 0 Å². The van der Waals surface area contributed by atoms with Gasteiger partial charge in [0.15, 0.2) is 0 Å². The largest absolute Gasteiger partial charge is 0.336 e. The quantitative estimate of drug-likeness (QED) is 0.897. The number of rotatable bonds is 3. The van der Waals surface area contributed by atoms with Crippen molar-refractivity contribution < 1.29 is 4.79 Å². The summed E-state index contributed by atoms with van der Waals surface area (Å²) in [5, 5.41) is 0.564. The Morgan fingerprint density at radius 1 is 1.27 bits per heavy atom. The molecule has 4 aliphatic rings. The van der Waals surface area contributed by atoms with E-state index < -0.39 is 0 Å². The Labute approximate surface area is 156 Å². The minimum atomic E-state index is -0.158. The third kappa shape index (κ3) is 2.77. The molecule has 2 bridgehead atoms.